The first-order valence-corrected chi connectivity index (χ1v) is 24.2. The molecule has 356 valence electrons. The van der Waals surface area contributed by atoms with Gasteiger partial charge in [0.15, 0.2) is 6.10 Å². The lowest BCUT2D eigenvalue weighted by Crippen LogP contribution is -2.64. The molecule has 1 aliphatic rings. The van der Waals surface area contributed by atoms with Crippen LogP contribution in [0.3, 0.4) is 0 Å². The van der Waals surface area contributed by atoms with Crippen molar-refractivity contribution in [2.75, 3.05) is 13.2 Å². The van der Waals surface area contributed by atoms with Gasteiger partial charge in [0, 0.05) is 12.8 Å². The Morgan fingerprint density at radius 1 is 0.492 bits per heavy atom. The van der Waals surface area contributed by atoms with Gasteiger partial charge >= 0.3 is 19.8 Å². The Bertz CT molecular complexity index is 1510. The first-order chi connectivity index (χ1) is 30.4. The third-order valence-corrected chi connectivity index (χ3v) is 10.6. The van der Waals surface area contributed by atoms with E-state index in [1.165, 1.54) is 0 Å². The van der Waals surface area contributed by atoms with Gasteiger partial charge in [-0.3, -0.25) is 18.6 Å². The molecule has 0 saturated heterocycles. The zero-order valence-electron chi connectivity index (χ0n) is 37.6. The predicted molar refractivity (Wildman–Crippen MR) is 248 cm³/mol. The van der Waals surface area contributed by atoms with Crippen molar-refractivity contribution in [3.8, 4) is 0 Å². The molecule has 0 aromatic rings. The van der Waals surface area contributed by atoms with Gasteiger partial charge in [-0.15, -0.1) is 0 Å². The Morgan fingerprint density at radius 3 is 1.37 bits per heavy atom. The monoisotopic (exact) mass is 905 g/mol. The second-order valence-corrected chi connectivity index (χ2v) is 16.5. The van der Waals surface area contributed by atoms with Crippen molar-refractivity contribution in [1.82, 2.24) is 0 Å². The molecule has 0 heterocycles. The van der Waals surface area contributed by atoms with Gasteiger partial charge < -0.3 is 39.9 Å². The molecule has 6 N–H and O–H groups in total. The predicted octanol–water partition coefficient (Wildman–Crippen LogP) is 8.83. The Balaban J connectivity index is 2.54. The molecule has 8 atom stereocenters. The standard InChI is InChI=1S/C49H77O13P/c1-3-5-7-9-11-13-15-17-19-20-21-22-24-25-27-29-31-33-35-37-42(50)59-39-41(40-60-63(57,58)62-49-47(55)45(53)44(52)46(54)48(49)56)61-43(51)38-36-34-32-30-28-26-23-18-16-14-12-10-8-6-4-2/h5-8,11-14,17-19,21-23,25,27,31,33,41,44-49,52-56H,3-4,9-10,15-16,20,24,26,28-30,32,34-40H2,1-2H3,(H,57,58)/b7-5-,8-6-,13-11-,14-12-,19-17-,22-21-,23-18-,27-25-,33-31-/t41-,44?,45-,46?,47?,48?,49?/m1/s1. The third kappa shape index (κ3) is 30.3. The van der Waals surface area contributed by atoms with E-state index in [0.717, 1.165) is 83.5 Å². The summed E-state index contributed by atoms with van der Waals surface area (Å²) in [7, 11) is -5.15. The molecule has 0 bridgehead atoms. The molecule has 13 nitrogen and oxygen atoms in total. The molecule has 0 aromatic carbocycles. The van der Waals surface area contributed by atoms with Crippen molar-refractivity contribution in [3.05, 3.63) is 109 Å². The van der Waals surface area contributed by atoms with Crippen LogP contribution in [0.15, 0.2) is 109 Å². The number of aliphatic hydroxyl groups excluding tert-OH is 5. The molecule has 0 radical (unpaired) electrons. The lowest BCUT2D eigenvalue weighted by atomic mass is 9.85. The van der Waals surface area contributed by atoms with Crippen LogP contribution in [0, 0.1) is 0 Å². The fourth-order valence-corrected chi connectivity index (χ4v) is 7.00. The van der Waals surface area contributed by atoms with E-state index < -0.39 is 75.7 Å². The van der Waals surface area contributed by atoms with Crippen molar-refractivity contribution < 1.29 is 63.1 Å². The number of unbranched alkanes of at least 4 members (excludes halogenated alkanes) is 5. The maximum atomic E-state index is 12.8. The summed E-state index contributed by atoms with van der Waals surface area (Å²) < 4.78 is 33.4. The molecule has 1 rings (SSSR count). The summed E-state index contributed by atoms with van der Waals surface area (Å²) in [5, 5.41) is 50.1. The van der Waals surface area contributed by atoms with Crippen LogP contribution in [-0.2, 0) is 32.7 Å². The SMILES string of the molecule is CC/C=C\C/C=C\C/C=C\C/C=C\C/C=C\C/C=C\CCC(=O)OC[C@H](COP(=O)(O)OC1C(O)C(O)C(O)[C@@H](O)C1O)OC(=O)CCCCCCC/C=C\C/C=C\C/C=C\CC. The molecule has 0 amide bonds. The van der Waals surface area contributed by atoms with Crippen molar-refractivity contribution in [1.29, 1.82) is 0 Å². The Morgan fingerprint density at radius 2 is 0.889 bits per heavy atom. The number of aliphatic hydroxyl groups is 5. The normalized spacial score (nSPS) is 22.7. The van der Waals surface area contributed by atoms with Gasteiger partial charge in [0.2, 0.25) is 0 Å². The van der Waals surface area contributed by atoms with Crippen LogP contribution < -0.4 is 0 Å². The summed E-state index contributed by atoms with van der Waals surface area (Å²) in [5.41, 5.74) is 0. The fourth-order valence-electron chi connectivity index (χ4n) is 6.03. The summed E-state index contributed by atoms with van der Waals surface area (Å²) in [6.07, 6.45) is 38.7. The number of hydrogen-bond acceptors (Lipinski definition) is 12. The van der Waals surface area contributed by atoms with Crippen molar-refractivity contribution >= 4 is 19.8 Å². The third-order valence-electron chi connectivity index (χ3n) is 9.62. The van der Waals surface area contributed by atoms with E-state index in [0.29, 0.717) is 19.3 Å². The van der Waals surface area contributed by atoms with Crippen LogP contribution in [0.2, 0.25) is 0 Å². The van der Waals surface area contributed by atoms with E-state index in [-0.39, 0.29) is 12.8 Å². The van der Waals surface area contributed by atoms with Crippen molar-refractivity contribution in [2.24, 2.45) is 0 Å². The molecule has 0 aliphatic heterocycles. The first-order valence-electron chi connectivity index (χ1n) is 22.7. The number of rotatable bonds is 35. The first kappa shape index (κ1) is 57.5. The lowest BCUT2D eigenvalue weighted by molar-refractivity contribution is -0.220. The summed E-state index contributed by atoms with van der Waals surface area (Å²) in [4.78, 5) is 35.7. The van der Waals surface area contributed by atoms with Crippen LogP contribution in [0.1, 0.15) is 129 Å². The lowest BCUT2D eigenvalue weighted by Gasteiger charge is -2.41. The number of hydrogen-bond donors (Lipinski definition) is 6. The summed E-state index contributed by atoms with van der Waals surface area (Å²) in [6, 6.07) is 0. The molecule has 0 aromatic heterocycles. The molecule has 63 heavy (non-hydrogen) atoms. The minimum absolute atomic E-state index is 0.0308. The van der Waals surface area contributed by atoms with E-state index in [9.17, 15) is 44.6 Å². The molecule has 14 heteroatoms. The highest BCUT2D eigenvalue weighted by molar-refractivity contribution is 7.47. The summed E-state index contributed by atoms with van der Waals surface area (Å²) in [5.74, 6) is -1.23. The van der Waals surface area contributed by atoms with E-state index in [2.05, 4.69) is 105 Å². The van der Waals surface area contributed by atoms with Crippen LogP contribution in [0.25, 0.3) is 0 Å². The minimum Gasteiger partial charge on any atom is -0.462 e. The number of allylic oxidation sites excluding steroid dienone is 18. The highest BCUT2D eigenvalue weighted by Gasteiger charge is 2.51. The van der Waals surface area contributed by atoms with Crippen LogP contribution in [0.5, 0.6) is 0 Å². The molecule has 6 unspecified atom stereocenters. The molecular weight excluding hydrogens is 827 g/mol. The van der Waals surface area contributed by atoms with Crippen LogP contribution >= 0.6 is 7.82 Å². The molecule has 1 aliphatic carbocycles. The zero-order chi connectivity index (χ0) is 46.4. The number of carbonyl (C=O) groups is 2. The van der Waals surface area contributed by atoms with E-state index in [4.69, 9.17) is 18.5 Å². The van der Waals surface area contributed by atoms with Gasteiger partial charge in [0.1, 0.15) is 43.2 Å². The number of phosphoric ester groups is 1. The van der Waals surface area contributed by atoms with E-state index in [1.54, 1.807) is 0 Å². The van der Waals surface area contributed by atoms with Gasteiger partial charge in [0.05, 0.1) is 6.61 Å². The van der Waals surface area contributed by atoms with E-state index >= 15 is 0 Å². The highest BCUT2D eigenvalue weighted by Crippen LogP contribution is 2.47. The Hall–Kier alpha value is -3.49. The van der Waals surface area contributed by atoms with Gasteiger partial charge in [-0.2, -0.15) is 0 Å². The minimum atomic E-state index is -5.15. The number of ether oxygens (including phenoxy) is 2. The summed E-state index contributed by atoms with van der Waals surface area (Å²) >= 11 is 0. The Labute approximate surface area is 376 Å². The van der Waals surface area contributed by atoms with E-state index in [1.807, 2.05) is 18.2 Å². The molecular formula is C49H77O13P. The van der Waals surface area contributed by atoms with Gasteiger partial charge in [-0.25, -0.2) is 4.57 Å². The average Bonchev–Trinajstić information content (AvgIpc) is 3.26. The van der Waals surface area contributed by atoms with Crippen LogP contribution in [-0.4, -0.2) is 98.3 Å². The summed E-state index contributed by atoms with van der Waals surface area (Å²) in [6.45, 7) is 2.97. The van der Waals surface area contributed by atoms with Crippen LogP contribution in [0.4, 0.5) is 0 Å². The van der Waals surface area contributed by atoms with Crippen molar-refractivity contribution in [2.45, 2.75) is 172 Å². The number of carbonyl (C=O) groups excluding carboxylic acids is 2. The fraction of sp³-hybridized carbons (Fsp3) is 0.592. The molecule has 0 spiro atoms. The quantitative estimate of drug-likeness (QED) is 0.0152. The number of phosphoric acid groups is 1. The largest absolute Gasteiger partial charge is 0.472 e. The molecule has 1 saturated carbocycles. The maximum Gasteiger partial charge on any atom is 0.472 e. The van der Waals surface area contributed by atoms with Gasteiger partial charge in [0.25, 0.3) is 0 Å². The second-order valence-electron chi connectivity index (χ2n) is 15.1. The smallest absolute Gasteiger partial charge is 0.462 e. The number of esters is 2. The average molecular weight is 905 g/mol. The zero-order valence-corrected chi connectivity index (χ0v) is 38.5. The topological polar surface area (TPSA) is 210 Å². The van der Waals surface area contributed by atoms with Crippen molar-refractivity contribution in [3.63, 3.8) is 0 Å². The van der Waals surface area contributed by atoms with Gasteiger partial charge in [-0.1, -0.05) is 142 Å². The molecule has 1 fully saturated rings. The Kier molecular flexibility index (Phi) is 34.6. The van der Waals surface area contributed by atoms with Gasteiger partial charge in [-0.05, 0) is 83.5 Å². The second kappa shape index (κ2) is 37.8. The highest BCUT2D eigenvalue weighted by atomic mass is 31.2. The maximum absolute atomic E-state index is 12.8.